The maximum absolute atomic E-state index is 11.8. The Kier molecular flexibility index (Phi) is 5.21. The average molecular weight is 284 g/mol. The van der Waals surface area contributed by atoms with E-state index in [1.54, 1.807) is 0 Å². The van der Waals surface area contributed by atoms with Crippen LogP contribution >= 0.6 is 0 Å². The van der Waals surface area contributed by atoms with Crippen molar-refractivity contribution in [1.29, 1.82) is 0 Å². The summed E-state index contributed by atoms with van der Waals surface area (Å²) in [4.78, 5) is 11.8. The number of benzene rings is 2. The molecule has 0 aliphatic carbocycles. The summed E-state index contributed by atoms with van der Waals surface area (Å²) in [6, 6.07) is 15.2. The predicted octanol–water partition coefficient (Wildman–Crippen LogP) is 3.72. The van der Waals surface area contributed by atoms with Crippen LogP contribution in [-0.2, 0) is 6.42 Å². The molecule has 0 spiro atoms. The van der Waals surface area contributed by atoms with Crippen molar-refractivity contribution in [2.45, 2.75) is 20.3 Å². The minimum atomic E-state index is -0.279. The number of rotatable bonds is 5. The predicted molar refractivity (Wildman–Crippen MR) is 84.6 cm³/mol. The highest BCUT2D eigenvalue weighted by atomic mass is 16.5. The number of urea groups is 1. The van der Waals surface area contributed by atoms with E-state index in [4.69, 9.17) is 4.74 Å². The minimum Gasteiger partial charge on any atom is -0.473 e. The van der Waals surface area contributed by atoms with E-state index < -0.39 is 0 Å². The zero-order valence-electron chi connectivity index (χ0n) is 12.3. The highest BCUT2D eigenvalue weighted by molar-refractivity contribution is 5.89. The van der Waals surface area contributed by atoms with E-state index in [1.807, 2.05) is 55.5 Å². The van der Waals surface area contributed by atoms with Crippen LogP contribution in [0.2, 0.25) is 0 Å². The van der Waals surface area contributed by atoms with Gasteiger partial charge in [-0.1, -0.05) is 43.3 Å². The molecule has 21 heavy (non-hydrogen) atoms. The Hall–Kier alpha value is -2.49. The lowest BCUT2D eigenvalue weighted by Crippen LogP contribution is -2.32. The van der Waals surface area contributed by atoms with Gasteiger partial charge in [0.15, 0.2) is 6.73 Å². The van der Waals surface area contributed by atoms with Crippen LogP contribution in [0.1, 0.15) is 18.1 Å². The fourth-order valence-electron chi connectivity index (χ4n) is 2.00. The zero-order chi connectivity index (χ0) is 15.1. The Morgan fingerprint density at radius 1 is 1.10 bits per heavy atom. The molecule has 0 aliphatic heterocycles. The lowest BCUT2D eigenvalue weighted by atomic mass is 10.1. The monoisotopic (exact) mass is 284 g/mol. The van der Waals surface area contributed by atoms with E-state index in [1.165, 1.54) is 0 Å². The maximum atomic E-state index is 11.8. The summed E-state index contributed by atoms with van der Waals surface area (Å²) in [5.41, 5.74) is 2.94. The lowest BCUT2D eigenvalue weighted by molar-refractivity contribution is 0.234. The van der Waals surface area contributed by atoms with Crippen molar-refractivity contribution < 1.29 is 9.53 Å². The molecule has 0 aromatic heterocycles. The molecule has 0 atom stereocenters. The first kappa shape index (κ1) is 14.9. The first-order valence-electron chi connectivity index (χ1n) is 7.02. The highest BCUT2D eigenvalue weighted by Crippen LogP contribution is 2.17. The van der Waals surface area contributed by atoms with Crippen LogP contribution in [0.4, 0.5) is 10.5 Å². The summed E-state index contributed by atoms with van der Waals surface area (Å²) in [5, 5.41) is 5.48. The molecule has 0 saturated carbocycles. The van der Waals surface area contributed by atoms with Gasteiger partial charge in [0, 0.05) is 5.69 Å². The Labute approximate surface area is 125 Å². The van der Waals surface area contributed by atoms with Crippen LogP contribution in [0.3, 0.4) is 0 Å². The molecule has 2 aromatic rings. The van der Waals surface area contributed by atoms with E-state index >= 15 is 0 Å². The zero-order valence-corrected chi connectivity index (χ0v) is 12.3. The molecule has 4 nitrogen and oxygen atoms in total. The third-order valence-electron chi connectivity index (χ3n) is 3.21. The molecule has 0 aliphatic rings. The Morgan fingerprint density at radius 2 is 1.81 bits per heavy atom. The molecule has 0 heterocycles. The average Bonchev–Trinajstić information content (AvgIpc) is 2.50. The quantitative estimate of drug-likeness (QED) is 0.822. The van der Waals surface area contributed by atoms with Crippen molar-refractivity contribution in [3.8, 4) is 5.75 Å². The van der Waals surface area contributed by atoms with Gasteiger partial charge in [0.05, 0.1) is 0 Å². The number of aryl methyl sites for hydroxylation is 2. The number of nitrogens with one attached hydrogen (secondary N) is 2. The van der Waals surface area contributed by atoms with Gasteiger partial charge in [-0.3, -0.25) is 0 Å². The number of para-hydroxylation sites is 2. The molecular formula is C17H20N2O2. The molecule has 0 unspecified atom stereocenters. The van der Waals surface area contributed by atoms with Gasteiger partial charge >= 0.3 is 6.03 Å². The third-order valence-corrected chi connectivity index (χ3v) is 3.21. The minimum absolute atomic E-state index is 0.134. The summed E-state index contributed by atoms with van der Waals surface area (Å²) < 4.78 is 5.59. The van der Waals surface area contributed by atoms with Crippen molar-refractivity contribution in [3.05, 3.63) is 59.7 Å². The number of carbonyl (C=O) groups excluding carboxylic acids is 1. The maximum Gasteiger partial charge on any atom is 0.321 e. The van der Waals surface area contributed by atoms with E-state index in [0.29, 0.717) is 0 Å². The molecule has 0 bridgehead atoms. The standard InChI is InChI=1S/C17H20N2O2/c1-3-14-9-5-7-11-16(14)21-12-18-17(20)19-15-10-6-4-8-13(15)2/h4-11H,3,12H2,1-2H3,(H2,18,19,20). The summed E-state index contributed by atoms with van der Waals surface area (Å²) in [5.74, 6) is 0.802. The molecule has 0 radical (unpaired) electrons. The molecule has 0 fully saturated rings. The number of amides is 2. The normalized spacial score (nSPS) is 10.0. The van der Waals surface area contributed by atoms with Gasteiger partial charge in [-0.25, -0.2) is 4.79 Å². The Morgan fingerprint density at radius 3 is 2.57 bits per heavy atom. The second-order valence-electron chi connectivity index (χ2n) is 4.70. The fourth-order valence-corrected chi connectivity index (χ4v) is 2.00. The smallest absolute Gasteiger partial charge is 0.321 e. The molecule has 2 aromatic carbocycles. The molecule has 110 valence electrons. The van der Waals surface area contributed by atoms with Gasteiger partial charge in [0.2, 0.25) is 0 Å². The Bertz CT molecular complexity index is 611. The summed E-state index contributed by atoms with van der Waals surface area (Å²) in [6.07, 6.45) is 0.894. The van der Waals surface area contributed by atoms with Gasteiger partial charge in [0.25, 0.3) is 0 Å². The van der Waals surface area contributed by atoms with Gasteiger partial charge in [-0.15, -0.1) is 0 Å². The number of anilines is 1. The second-order valence-corrected chi connectivity index (χ2v) is 4.70. The number of hydrogen-bond acceptors (Lipinski definition) is 2. The Balaban J connectivity index is 1.83. The van der Waals surface area contributed by atoms with Crippen molar-refractivity contribution in [3.63, 3.8) is 0 Å². The van der Waals surface area contributed by atoms with Crippen LogP contribution in [0.5, 0.6) is 5.75 Å². The number of hydrogen-bond donors (Lipinski definition) is 2. The third kappa shape index (κ3) is 4.24. The molecule has 2 amide bonds. The largest absolute Gasteiger partial charge is 0.473 e. The number of carbonyl (C=O) groups is 1. The highest BCUT2D eigenvalue weighted by Gasteiger charge is 2.04. The van der Waals surface area contributed by atoms with Crippen molar-refractivity contribution in [1.82, 2.24) is 5.32 Å². The summed E-state index contributed by atoms with van der Waals surface area (Å²) in [6.45, 7) is 4.15. The van der Waals surface area contributed by atoms with Crippen molar-refractivity contribution in [2.24, 2.45) is 0 Å². The van der Waals surface area contributed by atoms with Gasteiger partial charge < -0.3 is 15.4 Å². The second kappa shape index (κ2) is 7.33. The van der Waals surface area contributed by atoms with E-state index in [9.17, 15) is 4.79 Å². The van der Waals surface area contributed by atoms with Crippen LogP contribution in [0.15, 0.2) is 48.5 Å². The van der Waals surface area contributed by atoms with Crippen LogP contribution in [0, 0.1) is 6.92 Å². The van der Waals surface area contributed by atoms with Gasteiger partial charge in [-0.2, -0.15) is 0 Å². The fraction of sp³-hybridized carbons (Fsp3) is 0.235. The van der Waals surface area contributed by atoms with Crippen LogP contribution in [-0.4, -0.2) is 12.8 Å². The molecule has 2 N–H and O–H groups in total. The molecule has 2 rings (SSSR count). The molecular weight excluding hydrogens is 264 g/mol. The van der Waals surface area contributed by atoms with E-state index in [2.05, 4.69) is 17.6 Å². The topological polar surface area (TPSA) is 50.4 Å². The van der Waals surface area contributed by atoms with Crippen molar-refractivity contribution in [2.75, 3.05) is 12.0 Å². The number of ether oxygens (including phenoxy) is 1. The summed E-state index contributed by atoms with van der Waals surface area (Å²) in [7, 11) is 0. The SMILES string of the molecule is CCc1ccccc1OCNC(=O)Nc1ccccc1C. The van der Waals surface area contributed by atoms with E-state index in [0.717, 1.165) is 29.0 Å². The van der Waals surface area contributed by atoms with Crippen molar-refractivity contribution >= 4 is 11.7 Å². The summed E-state index contributed by atoms with van der Waals surface area (Å²) >= 11 is 0. The molecule has 4 heteroatoms. The van der Waals surface area contributed by atoms with E-state index in [-0.39, 0.29) is 12.8 Å². The lowest BCUT2D eigenvalue weighted by Gasteiger charge is -2.12. The van der Waals surface area contributed by atoms with Crippen LogP contribution in [0.25, 0.3) is 0 Å². The van der Waals surface area contributed by atoms with Gasteiger partial charge in [0.1, 0.15) is 5.75 Å². The first-order chi connectivity index (χ1) is 10.2. The van der Waals surface area contributed by atoms with Crippen LogP contribution < -0.4 is 15.4 Å². The molecule has 0 saturated heterocycles. The first-order valence-corrected chi connectivity index (χ1v) is 7.02. The van der Waals surface area contributed by atoms with Gasteiger partial charge in [-0.05, 0) is 36.6 Å².